The summed E-state index contributed by atoms with van der Waals surface area (Å²) >= 11 is 0. The second-order valence-corrected chi connectivity index (χ2v) is 5.12. The monoisotopic (exact) mass is 247 g/mol. The van der Waals surface area contributed by atoms with Gasteiger partial charge in [0, 0.05) is 31.3 Å². The summed E-state index contributed by atoms with van der Waals surface area (Å²) in [6.07, 6.45) is 6.22. The van der Waals surface area contributed by atoms with Gasteiger partial charge in [-0.1, -0.05) is 6.07 Å². The first kappa shape index (κ1) is 11.8. The second-order valence-electron chi connectivity index (χ2n) is 5.12. The van der Waals surface area contributed by atoms with E-state index in [2.05, 4.69) is 23.5 Å². The van der Waals surface area contributed by atoms with E-state index in [1.807, 2.05) is 0 Å². The summed E-state index contributed by atoms with van der Waals surface area (Å²) in [5.41, 5.74) is 2.66. The summed E-state index contributed by atoms with van der Waals surface area (Å²) in [5, 5.41) is 3.43. The maximum Gasteiger partial charge on any atom is 0.121 e. The Morgan fingerprint density at radius 1 is 1.33 bits per heavy atom. The van der Waals surface area contributed by atoms with E-state index >= 15 is 0 Å². The van der Waals surface area contributed by atoms with Crippen LogP contribution in [0.5, 0.6) is 5.75 Å². The molecule has 3 rings (SSSR count). The number of anilines is 1. The molecule has 0 aliphatic carbocycles. The topological polar surface area (TPSA) is 30.5 Å². The van der Waals surface area contributed by atoms with E-state index in [-0.39, 0.29) is 0 Å². The van der Waals surface area contributed by atoms with E-state index in [1.54, 1.807) is 0 Å². The zero-order valence-electron chi connectivity index (χ0n) is 10.8. The quantitative estimate of drug-likeness (QED) is 0.887. The molecule has 0 spiro atoms. The molecule has 1 fully saturated rings. The molecule has 2 aliphatic heterocycles. The number of hydrogen-bond acceptors (Lipinski definition) is 3. The zero-order valence-corrected chi connectivity index (χ0v) is 10.8. The van der Waals surface area contributed by atoms with E-state index in [1.165, 1.54) is 36.9 Å². The van der Waals surface area contributed by atoms with Gasteiger partial charge in [-0.15, -0.1) is 0 Å². The molecule has 98 valence electrons. The van der Waals surface area contributed by atoms with Gasteiger partial charge in [0.15, 0.2) is 0 Å². The molecular formula is C15H21NO2. The number of benzene rings is 1. The summed E-state index contributed by atoms with van der Waals surface area (Å²) in [6, 6.07) is 6.40. The lowest BCUT2D eigenvalue weighted by atomic mass is 10.0. The first-order valence-electron chi connectivity index (χ1n) is 7.03. The van der Waals surface area contributed by atoms with Gasteiger partial charge >= 0.3 is 0 Å². The largest absolute Gasteiger partial charge is 0.493 e. The van der Waals surface area contributed by atoms with Crippen LogP contribution in [0.15, 0.2) is 18.2 Å². The summed E-state index contributed by atoms with van der Waals surface area (Å²) in [6.45, 7) is 2.75. The molecule has 1 saturated heterocycles. The minimum absolute atomic E-state index is 0.417. The fraction of sp³-hybridized carbons (Fsp3) is 0.600. The lowest BCUT2D eigenvalue weighted by Gasteiger charge is -2.19. The highest BCUT2D eigenvalue weighted by Crippen LogP contribution is 2.27. The van der Waals surface area contributed by atoms with Crippen molar-refractivity contribution in [2.75, 3.05) is 25.1 Å². The summed E-state index contributed by atoms with van der Waals surface area (Å²) < 4.78 is 11.4. The average molecular weight is 247 g/mol. The average Bonchev–Trinajstić information content (AvgIpc) is 2.92. The molecule has 1 aromatic rings. The lowest BCUT2D eigenvalue weighted by Crippen LogP contribution is -2.13. The molecule has 2 aliphatic rings. The number of rotatable bonds is 4. The van der Waals surface area contributed by atoms with Crippen LogP contribution in [0.2, 0.25) is 0 Å². The molecule has 0 radical (unpaired) electrons. The molecule has 0 bridgehead atoms. The smallest absolute Gasteiger partial charge is 0.121 e. The van der Waals surface area contributed by atoms with Gasteiger partial charge in [0.2, 0.25) is 0 Å². The maximum atomic E-state index is 5.81. The van der Waals surface area contributed by atoms with Crippen molar-refractivity contribution in [1.29, 1.82) is 0 Å². The van der Waals surface area contributed by atoms with Crippen LogP contribution in [0.4, 0.5) is 5.69 Å². The SMILES string of the molecule is c1cc2c(cc1OCCC1CCCO1)NCCC2. The van der Waals surface area contributed by atoms with Crippen LogP contribution < -0.4 is 10.1 Å². The van der Waals surface area contributed by atoms with Crippen molar-refractivity contribution in [3.63, 3.8) is 0 Å². The minimum Gasteiger partial charge on any atom is -0.493 e. The Bertz CT molecular complexity index is 399. The van der Waals surface area contributed by atoms with Crippen LogP contribution in [0, 0.1) is 0 Å². The predicted molar refractivity (Wildman–Crippen MR) is 72.3 cm³/mol. The third kappa shape index (κ3) is 2.78. The molecular weight excluding hydrogens is 226 g/mol. The van der Waals surface area contributed by atoms with Crippen LogP contribution in [-0.4, -0.2) is 25.9 Å². The van der Waals surface area contributed by atoms with Gasteiger partial charge in [0.25, 0.3) is 0 Å². The lowest BCUT2D eigenvalue weighted by molar-refractivity contribution is 0.0903. The van der Waals surface area contributed by atoms with Gasteiger partial charge < -0.3 is 14.8 Å². The Hall–Kier alpha value is -1.22. The van der Waals surface area contributed by atoms with Crippen molar-refractivity contribution in [1.82, 2.24) is 0 Å². The summed E-state index contributed by atoms with van der Waals surface area (Å²) in [4.78, 5) is 0. The Morgan fingerprint density at radius 3 is 3.22 bits per heavy atom. The number of fused-ring (bicyclic) bond motifs is 1. The van der Waals surface area contributed by atoms with Crippen LogP contribution in [-0.2, 0) is 11.2 Å². The fourth-order valence-electron chi connectivity index (χ4n) is 2.71. The number of aryl methyl sites for hydroxylation is 1. The molecule has 1 atom stereocenters. The molecule has 3 nitrogen and oxygen atoms in total. The third-order valence-corrected chi connectivity index (χ3v) is 3.75. The molecule has 0 saturated carbocycles. The molecule has 3 heteroatoms. The van der Waals surface area contributed by atoms with Gasteiger partial charge in [-0.2, -0.15) is 0 Å². The van der Waals surface area contributed by atoms with Crippen molar-refractivity contribution in [2.45, 2.75) is 38.2 Å². The van der Waals surface area contributed by atoms with Gasteiger partial charge in [0.05, 0.1) is 12.7 Å². The van der Waals surface area contributed by atoms with Gasteiger partial charge in [-0.05, 0) is 37.3 Å². The highest BCUT2D eigenvalue weighted by molar-refractivity contribution is 5.56. The molecule has 0 aromatic heterocycles. The van der Waals surface area contributed by atoms with Crippen molar-refractivity contribution < 1.29 is 9.47 Å². The van der Waals surface area contributed by atoms with Crippen molar-refractivity contribution in [3.8, 4) is 5.75 Å². The standard InChI is InChI=1S/C15H21NO2/c1-3-12-5-6-14(11-15(12)16-8-1)18-10-7-13-4-2-9-17-13/h5-6,11,13,16H,1-4,7-10H2. The van der Waals surface area contributed by atoms with Crippen molar-refractivity contribution >= 4 is 5.69 Å². The van der Waals surface area contributed by atoms with E-state index in [0.29, 0.717) is 6.10 Å². The molecule has 0 amide bonds. The highest BCUT2D eigenvalue weighted by Gasteiger charge is 2.15. The molecule has 2 heterocycles. The minimum atomic E-state index is 0.417. The van der Waals surface area contributed by atoms with E-state index < -0.39 is 0 Å². The Kier molecular flexibility index (Phi) is 3.69. The fourth-order valence-corrected chi connectivity index (χ4v) is 2.71. The highest BCUT2D eigenvalue weighted by atomic mass is 16.5. The number of nitrogens with one attached hydrogen (secondary N) is 1. The van der Waals surface area contributed by atoms with E-state index in [4.69, 9.17) is 9.47 Å². The Labute approximate surface area is 108 Å². The third-order valence-electron chi connectivity index (χ3n) is 3.75. The Morgan fingerprint density at radius 2 is 2.33 bits per heavy atom. The second kappa shape index (κ2) is 5.61. The van der Waals surface area contributed by atoms with Crippen LogP contribution in [0.3, 0.4) is 0 Å². The maximum absolute atomic E-state index is 5.81. The van der Waals surface area contributed by atoms with E-state index in [9.17, 15) is 0 Å². The summed E-state index contributed by atoms with van der Waals surface area (Å²) in [5.74, 6) is 0.973. The molecule has 1 N–H and O–H groups in total. The predicted octanol–water partition coefficient (Wildman–Crippen LogP) is 2.99. The van der Waals surface area contributed by atoms with Gasteiger partial charge in [0.1, 0.15) is 5.75 Å². The normalized spacial score (nSPS) is 22.3. The summed E-state index contributed by atoms with van der Waals surface area (Å²) in [7, 11) is 0. The first-order chi connectivity index (χ1) is 8.92. The molecule has 1 unspecified atom stereocenters. The van der Waals surface area contributed by atoms with Gasteiger partial charge in [-0.25, -0.2) is 0 Å². The Balaban J connectivity index is 1.52. The van der Waals surface area contributed by atoms with Crippen LogP contribution >= 0.6 is 0 Å². The van der Waals surface area contributed by atoms with Crippen LogP contribution in [0.1, 0.15) is 31.2 Å². The van der Waals surface area contributed by atoms with Gasteiger partial charge in [-0.3, -0.25) is 0 Å². The van der Waals surface area contributed by atoms with Crippen LogP contribution in [0.25, 0.3) is 0 Å². The number of hydrogen-bond donors (Lipinski definition) is 1. The zero-order chi connectivity index (χ0) is 12.2. The van der Waals surface area contributed by atoms with E-state index in [0.717, 1.165) is 31.9 Å². The van der Waals surface area contributed by atoms with Crippen molar-refractivity contribution in [2.24, 2.45) is 0 Å². The van der Waals surface area contributed by atoms with Crippen molar-refractivity contribution in [3.05, 3.63) is 23.8 Å². The molecule has 18 heavy (non-hydrogen) atoms. The number of ether oxygens (including phenoxy) is 2. The molecule has 1 aromatic carbocycles. The first-order valence-corrected chi connectivity index (χ1v) is 7.03.